The van der Waals surface area contributed by atoms with E-state index in [4.69, 9.17) is 4.74 Å². The summed E-state index contributed by atoms with van der Waals surface area (Å²) in [5.74, 6) is 0. The van der Waals surface area contributed by atoms with Gasteiger partial charge in [0.15, 0.2) is 4.90 Å². The molecule has 0 spiro atoms. The van der Waals surface area contributed by atoms with Gasteiger partial charge in [0.1, 0.15) is 6.26 Å². The standard InChI is InChI=1S/C11H15OS/c1-13(11-8-5-9-12-11)10-6-3-2-4-7-10/h2-4,6-7,11H,5,8-9H2,1H3/q+1. The molecule has 2 atom stereocenters. The summed E-state index contributed by atoms with van der Waals surface area (Å²) in [6.07, 6.45) is 4.74. The minimum atomic E-state index is 0.269. The Bertz CT molecular complexity index is 254. The SMILES string of the molecule is C[S+](c1ccccc1)C1CCCO1. The lowest BCUT2D eigenvalue weighted by Crippen LogP contribution is -2.18. The fraction of sp³-hybridized carbons (Fsp3) is 0.455. The Labute approximate surface area is 82.5 Å². The Balaban J connectivity index is 2.08. The number of hydrogen-bond acceptors (Lipinski definition) is 1. The largest absolute Gasteiger partial charge is 0.333 e. The van der Waals surface area contributed by atoms with Gasteiger partial charge in [0.05, 0.1) is 17.5 Å². The van der Waals surface area contributed by atoms with Crippen LogP contribution in [-0.2, 0) is 15.6 Å². The van der Waals surface area contributed by atoms with Gasteiger partial charge in [-0.2, -0.15) is 0 Å². The monoisotopic (exact) mass is 195 g/mol. The average molecular weight is 195 g/mol. The molecule has 0 N–H and O–H groups in total. The van der Waals surface area contributed by atoms with Crippen LogP contribution in [0.5, 0.6) is 0 Å². The second-order valence-corrected chi connectivity index (χ2v) is 5.43. The highest BCUT2D eigenvalue weighted by Crippen LogP contribution is 2.24. The summed E-state index contributed by atoms with van der Waals surface area (Å²) in [6, 6.07) is 10.7. The van der Waals surface area contributed by atoms with E-state index in [1.54, 1.807) is 0 Å². The smallest absolute Gasteiger partial charge is 0.223 e. The Morgan fingerprint density at radius 1 is 1.31 bits per heavy atom. The summed E-state index contributed by atoms with van der Waals surface area (Å²) in [7, 11) is 0.269. The van der Waals surface area contributed by atoms with Crippen molar-refractivity contribution in [3.63, 3.8) is 0 Å². The summed E-state index contributed by atoms with van der Waals surface area (Å²) in [6.45, 7) is 0.953. The molecular weight excluding hydrogens is 180 g/mol. The van der Waals surface area contributed by atoms with Gasteiger partial charge < -0.3 is 4.74 Å². The molecule has 0 aromatic heterocycles. The molecule has 1 aromatic rings. The zero-order valence-electron chi connectivity index (χ0n) is 7.90. The molecule has 2 rings (SSSR count). The minimum absolute atomic E-state index is 0.269. The topological polar surface area (TPSA) is 9.23 Å². The molecule has 0 aliphatic carbocycles. The van der Waals surface area contributed by atoms with Crippen LogP contribution in [0.3, 0.4) is 0 Å². The van der Waals surface area contributed by atoms with Crippen molar-refractivity contribution in [3.8, 4) is 0 Å². The molecule has 0 radical (unpaired) electrons. The summed E-state index contributed by atoms with van der Waals surface area (Å²) >= 11 is 0. The van der Waals surface area contributed by atoms with Crippen molar-refractivity contribution in [2.75, 3.05) is 12.9 Å². The Kier molecular flexibility index (Phi) is 2.91. The molecule has 0 bridgehead atoms. The maximum atomic E-state index is 5.68. The van der Waals surface area contributed by atoms with Crippen molar-refractivity contribution >= 4 is 10.9 Å². The van der Waals surface area contributed by atoms with Crippen LogP contribution in [0, 0.1) is 0 Å². The van der Waals surface area contributed by atoms with E-state index in [-0.39, 0.29) is 10.9 Å². The molecule has 1 fully saturated rings. The number of benzene rings is 1. The normalized spacial score (nSPS) is 24.5. The molecule has 70 valence electrons. The van der Waals surface area contributed by atoms with Crippen LogP contribution >= 0.6 is 0 Å². The van der Waals surface area contributed by atoms with Crippen LogP contribution in [0.2, 0.25) is 0 Å². The van der Waals surface area contributed by atoms with Gasteiger partial charge in [-0.3, -0.25) is 0 Å². The quantitative estimate of drug-likeness (QED) is 0.659. The minimum Gasteiger partial charge on any atom is -0.333 e. The second-order valence-electron chi connectivity index (χ2n) is 3.31. The van der Waals surface area contributed by atoms with Crippen LogP contribution in [0.1, 0.15) is 12.8 Å². The Hall–Kier alpha value is -0.470. The molecule has 1 aliphatic rings. The maximum Gasteiger partial charge on any atom is 0.223 e. The third-order valence-electron chi connectivity index (χ3n) is 2.40. The molecule has 0 amide bonds. The highest BCUT2D eigenvalue weighted by atomic mass is 32.2. The van der Waals surface area contributed by atoms with E-state index in [0.717, 1.165) is 6.61 Å². The van der Waals surface area contributed by atoms with Crippen LogP contribution in [-0.4, -0.2) is 18.3 Å². The van der Waals surface area contributed by atoms with Crippen molar-refractivity contribution < 1.29 is 4.74 Å². The van der Waals surface area contributed by atoms with Gasteiger partial charge in [-0.15, -0.1) is 0 Å². The molecule has 2 heteroatoms. The van der Waals surface area contributed by atoms with Gasteiger partial charge >= 0.3 is 0 Å². The van der Waals surface area contributed by atoms with Crippen molar-refractivity contribution in [1.29, 1.82) is 0 Å². The molecular formula is C11H15OS+. The predicted octanol–water partition coefficient (Wildman–Crippen LogP) is 2.43. The molecule has 1 nitrogen and oxygen atoms in total. The second kappa shape index (κ2) is 4.16. The zero-order valence-corrected chi connectivity index (χ0v) is 8.72. The predicted molar refractivity (Wildman–Crippen MR) is 57.0 cm³/mol. The summed E-state index contributed by atoms with van der Waals surface area (Å²) in [4.78, 5) is 1.43. The lowest BCUT2D eigenvalue weighted by atomic mass is 10.4. The molecule has 1 heterocycles. The molecule has 2 unspecified atom stereocenters. The van der Waals surface area contributed by atoms with E-state index < -0.39 is 0 Å². The zero-order chi connectivity index (χ0) is 9.10. The molecule has 1 saturated heterocycles. The average Bonchev–Trinajstić information content (AvgIpc) is 2.71. The molecule has 1 aromatic carbocycles. The molecule has 0 saturated carbocycles. The van der Waals surface area contributed by atoms with Crippen LogP contribution in [0.4, 0.5) is 0 Å². The van der Waals surface area contributed by atoms with E-state index in [1.807, 2.05) is 0 Å². The van der Waals surface area contributed by atoms with Crippen molar-refractivity contribution in [3.05, 3.63) is 30.3 Å². The third kappa shape index (κ3) is 2.06. The van der Waals surface area contributed by atoms with E-state index in [0.29, 0.717) is 5.44 Å². The van der Waals surface area contributed by atoms with Gasteiger partial charge in [0, 0.05) is 6.42 Å². The lowest BCUT2D eigenvalue weighted by molar-refractivity contribution is 0.171. The van der Waals surface area contributed by atoms with E-state index in [2.05, 4.69) is 36.6 Å². The van der Waals surface area contributed by atoms with Gasteiger partial charge in [-0.05, 0) is 18.6 Å². The van der Waals surface area contributed by atoms with Gasteiger partial charge in [0.25, 0.3) is 0 Å². The van der Waals surface area contributed by atoms with Crippen molar-refractivity contribution in [1.82, 2.24) is 0 Å². The molecule has 13 heavy (non-hydrogen) atoms. The van der Waals surface area contributed by atoms with E-state index in [9.17, 15) is 0 Å². The first-order valence-corrected chi connectivity index (χ1v) is 6.39. The fourth-order valence-corrected chi connectivity index (χ4v) is 3.32. The highest BCUT2D eigenvalue weighted by molar-refractivity contribution is 7.96. The van der Waals surface area contributed by atoms with E-state index >= 15 is 0 Å². The lowest BCUT2D eigenvalue weighted by Gasteiger charge is -2.08. The van der Waals surface area contributed by atoms with Crippen LogP contribution in [0.25, 0.3) is 0 Å². The number of ether oxygens (including phenoxy) is 1. The Morgan fingerprint density at radius 3 is 2.69 bits per heavy atom. The Morgan fingerprint density at radius 2 is 2.08 bits per heavy atom. The van der Waals surface area contributed by atoms with Crippen LogP contribution < -0.4 is 0 Å². The third-order valence-corrected chi connectivity index (χ3v) is 4.57. The van der Waals surface area contributed by atoms with Crippen molar-refractivity contribution in [2.24, 2.45) is 0 Å². The number of rotatable bonds is 2. The first-order chi connectivity index (χ1) is 6.38. The van der Waals surface area contributed by atoms with Gasteiger partial charge in [-0.1, -0.05) is 18.2 Å². The van der Waals surface area contributed by atoms with Crippen LogP contribution in [0.15, 0.2) is 35.2 Å². The summed E-state index contributed by atoms with van der Waals surface area (Å²) in [5, 5.41) is 0. The molecule has 1 aliphatic heterocycles. The fourth-order valence-electron chi connectivity index (χ4n) is 1.61. The first-order valence-electron chi connectivity index (χ1n) is 4.69. The maximum absolute atomic E-state index is 5.68. The van der Waals surface area contributed by atoms with Gasteiger partial charge in [0.2, 0.25) is 5.44 Å². The van der Waals surface area contributed by atoms with Gasteiger partial charge in [-0.25, -0.2) is 0 Å². The number of hydrogen-bond donors (Lipinski definition) is 0. The summed E-state index contributed by atoms with van der Waals surface area (Å²) < 4.78 is 5.68. The summed E-state index contributed by atoms with van der Waals surface area (Å²) in [5.41, 5.74) is 0.474. The van der Waals surface area contributed by atoms with Crippen molar-refractivity contribution in [2.45, 2.75) is 23.2 Å². The first kappa shape index (κ1) is 9.10. The highest BCUT2D eigenvalue weighted by Gasteiger charge is 2.31. The van der Waals surface area contributed by atoms with E-state index in [1.165, 1.54) is 17.7 Å².